The van der Waals surface area contributed by atoms with Crippen molar-refractivity contribution >= 4 is 16.6 Å². The van der Waals surface area contributed by atoms with Crippen molar-refractivity contribution in [2.24, 2.45) is 0 Å². The molecule has 0 atom stereocenters. The molecular weight excluding hydrogens is 214 g/mol. The van der Waals surface area contributed by atoms with E-state index in [1.807, 2.05) is 12.1 Å². The minimum atomic E-state index is 0.266. The van der Waals surface area contributed by atoms with Gasteiger partial charge in [0.2, 0.25) is 0 Å². The Bertz CT molecular complexity index is 535. The van der Waals surface area contributed by atoms with Crippen molar-refractivity contribution in [3.05, 3.63) is 30.5 Å². The molecule has 2 N–H and O–H groups in total. The fourth-order valence-corrected chi connectivity index (χ4v) is 2.30. The summed E-state index contributed by atoms with van der Waals surface area (Å²) >= 11 is 0. The summed E-state index contributed by atoms with van der Waals surface area (Å²) in [6, 6.07) is 7.41. The van der Waals surface area contributed by atoms with Gasteiger partial charge in [0.05, 0.1) is 5.52 Å². The van der Waals surface area contributed by atoms with Gasteiger partial charge in [-0.05, 0) is 18.2 Å². The van der Waals surface area contributed by atoms with Gasteiger partial charge in [0.25, 0.3) is 0 Å². The third-order valence-corrected chi connectivity index (χ3v) is 3.16. The number of benzene rings is 1. The van der Waals surface area contributed by atoms with E-state index < -0.39 is 0 Å². The van der Waals surface area contributed by atoms with Gasteiger partial charge in [0.1, 0.15) is 5.75 Å². The third kappa shape index (κ3) is 1.91. The Hall–Kier alpha value is -1.81. The number of phenolic OH excluding ortho intramolecular Hbond substituents is 1. The van der Waals surface area contributed by atoms with Crippen molar-refractivity contribution < 1.29 is 5.11 Å². The second-order valence-electron chi connectivity index (χ2n) is 4.27. The van der Waals surface area contributed by atoms with Crippen LogP contribution in [0.15, 0.2) is 30.5 Å². The molecule has 0 spiro atoms. The number of pyridine rings is 1. The Morgan fingerprint density at radius 2 is 2.00 bits per heavy atom. The monoisotopic (exact) mass is 229 g/mol. The number of nitrogens with one attached hydrogen (secondary N) is 1. The summed E-state index contributed by atoms with van der Waals surface area (Å²) < 4.78 is 0. The lowest BCUT2D eigenvalue weighted by atomic mass is 10.1. The van der Waals surface area contributed by atoms with Gasteiger partial charge in [-0.3, -0.25) is 4.98 Å². The molecule has 2 aromatic rings. The van der Waals surface area contributed by atoms with Crippen molar-refractivity contribution in [2.45, 2.75) is 0 Å². The molecule has 0 bridgehead atoms. The fourth-order valence-electron chi connectivity index (χ4n) is 2.30. The van der Waals surface area contributed by atoms with Crippen LogP contribution in [0.5, 0.6) is 5.75 Å². The lowest BCUT2D eigenvalue weighted by Gasteiger charge is -2.30. The van der Waals surface area contributed by atoms with Crippen LogP contribution in [0, 0.1) is 0 Å². The van der Waals surface area contributed by atoms with E-state index in [0.717, 1.165) is 37.1 Å². The highest BCUT2D eigenvalue weighted by Crippen LogP contribution is 2.27. The maximum absolute atomic E-state index is 9.47. The highest BCUT2D eigenvalue weighted by Gasteiger charge is 2.13. The van der Waals surface area contributed by atoms with Gasteiger partial charge in [-0.25, -0.2) is 0 Å². The SMILES string of the molecule is Oc1ccc2c(N3CCNCC3)ccnc2c1. The molecule has 88 valence electrons. The van der Waals surface area contributed by atoms with Crippen molar-refractivity contribution in [2.75, 3.05) is 31.1 Å². The van der Waals surface area contributed by atoms with Crippen molar-refractivity contribution in [1.29, 1.82) is 0 Å². The van der Waals surface area contributed by atoms with Crippen molar-refractivity contribution in [3.8, 4) is 5.75 Å². The van der Waals surface area contributed by atoms with Gasteiger partial charge < -0.3 is 15.3 Å². The van der Waals surface area contributed by atoms with E-state index in [1.165, 1.54) is 5.69 Å². The van der Waals surface area contributed by atoms with E-state index in [9.17, 15) is 5.11 Å². The summed E-state index contributed by atoms with van der Waals surface area (Å²) in [4.78, 5) is 6.65. The number of phenols is 1. The summed E-state index contributed by atoms with van der Waals surface area (Å²) in [5, 5.41) is 13.9. The number of piperazine rings is 1. The van der Waals surface area contributed by atoms with Gasteiger partial charge in [-0.1, -0.05) is 0 Å². The van der Waals surface area contributed by atoms with E-state index >= 15 is 0 Å². The molecule has 17 heavy (non-hydrogen) atoms. The van der Waals surface area contributed by atoms with Crippen molar-refractivity contribution in [3.63, 3.8) is 0 Å². The number of anilines is 1. The van der Waals surface area contributed by atoms with E-state index in [1.54, 1.807) is 18.3 Å². The summed E-state index contributed by atoms with van der Waals surface area (Å²) in [6.07, 6.45) is 1.80. The second kappa shape index (κ2) is 4.22. The smallest absolute Gasteiger partial charge is 0.117 e. The van der Waals surface area contributed by atoms with E-state index in [0.29, 0.717) is 0 Å². The van der Waals surface area contributed by atoms with Crippen LogP contribution in [0.3, 0.4) is 0 Å². The Balaban J connectivity index is 2.09. The molecule has 0 saturated carbocycles. The van der Waals surface area contributed by atoms with Crippen LogP contribution in [-0.4, -0.2) is 36.3 Å². The average Bonchev–Trinajstić information content (AvgIpc) is 2.39. The maximum atomic E-state index is 9.47. The van der Waals surface area contributed by atoms with Crippen LogP contribution in [0.4, 0.5) is 5.69 Å². The van der Waals surface area contributed by atoms with Crippen LogP contribution in [0.2, 0.25) is 0 Å². The molecule has 1 fully saturated rings. The molecule has 0 amide bonds. The molecule has 3 rings (SSSR count). The van der Waals surface area contributed by atoms with E-state index in [-0.39, 0.29) is 5.75 Å². The summed E-state index contributed by atoms with van der Waals surface area (Å²) in [5.74, 6) is 0.266. The Morgan fingerprint density at radius 3 is 2.82 bits per heavy atom. The first-order chi connectivity index (χ1) is 8.34. The zero-order valence-electron chi connectivity index (χ0n) is 9.56. The topological polar surface area (TPSA) is 48.4 Å². The number of aromatic hydroxyl groups is 1. The van der Waals surface area contributed by atoms with Crippen LogP contribution in [0.1, 0.15) is 0 Å². The third-order valence-electron chi connectivity index (χ3n) is 3.16. The number of aromatic nitrogens is 1. The number of nitrogens with zero attached hydrogens (tertiary/aromatic N) is 2. The fraction of sp³-hybridized carbons (Fsp3) is 0.308. The molecule has 1 saturated heterocycles. The highest BCUT2D eigenvalue weighted by atomic mass is 16.3. The van der Waals surface area contributed by atoms with Gasteiger partial charge in [-0.2, -0.15) is 0 Å². The van der Waals surface area contributed by atoms with Gasteiger partial charge >= 0.3 is 0 Å². The number of hydrogen-bond acceptors (Lipinski definition) is 4. The van der Waals surface area contributed by atoms with Gasteiger partial charge in [-0.15, -0.1) is 0 Å². The van der Waals surface area contributed by atoms with Gasteiger partial charge in [0.15, 0.2) is 0 Å². The minimum absolute atomic E-state index is 0.266. The van der Waals surface area contributed by atoms with Crippen LogP contribution in [-0.2, 0) is 0 Å². The maximum Gasteiger partial charge on any atom is 0.117 e. The first-order valence-corrected chi connectivity index (χ1v) is 5.88. The lowest BCUT2D eigenvalue weighted by Crippen LogP contribution is -2.43. The molecule has 1 aliphatic rings. The Labute approximate surface area is 99.9 Å². The summed E-state index contributed by atoms with van der Waals surface area (Å²) in [7, 11) is 0. The Morgan fingerprint density at radius 1 is 1.18 bits per heavy atom. The summed E-state index contributed by atoms with van der Waals surface area (Å²) in [6.45, 7) is 4.06. The van der Waals surface area contributed by atoms with Crippen LogP contribution in [0.25, 0.3) is 10.9 Å². The number of rotatable bonds is 1. The quantitative estimate of drug-likeness (QED) is 0.775. The molecular formula is C13H15N3O. The molecule has 2 heterocycles. The standard InChI is InChI=1S/C13H15N3O/c17-10-1-2-11-12(9-10)15-4-3-13(11)16-7-5-14-6-8-16/h1-4,9,14,17H,5-8H2. The summed E-state index contributed by atoms with van der Waals surface area (Å²) in [5.41, 5.74) is 2.05. The minimum Gasteiger partial charge on any atom is -0.508 e. The molecule has 4 nitrogen and oxygen atoms in total. The van der Waals surface area contributed by atoms with Crippen LogP contribution < -0.4 is 10.2 Å². The normalized spacial score (nSPS) is 16.4. The average molecular weight is 229 g/mol. The predicted octanol–water partition coefficient (Wildman–Crippen LogP) is 1.35. The molecule has 1 aromatic heterocycles. The van der Waals surface area contributed by atoms with E-state index in [2.05, 4.69) is 15.2 Å². The van der Waals surface area contributed by atoms with Crippen LogP contribution >= 0.6 is 0 Å². The molecule has 4 heteroatoms. The molecule has 0 radical (unpaired) electrons. The number of fused-ring (bicyclic) bond motifs is 1. The molecule has 0 unspecified atom stereocenters. The molecule has 1 aromatic carbocycles. The van der Waals surface area contributed by atoms with Gasteiger partial charge in [0, 0.05) is 49.5 Å². The molecule has 0 aliphatic carbocycles. The zero-order valence-corrected chi connectivity index (χ0v) is 9.56. The lowest BCUT2D eigenvalue weighted by molar-refractivity contribution is 0.476. The molecule has 1 aliphatic heterocycles. The van der Waals surface area contributed by atoms with E-state index in [4.69, 9.17) is 0 Å². The highest BCUT2D eigenvalue weighted by molar-refractivity contribution is 5.92. The van der Waals surface area contributed by atoms with Crippen molar-refractivity contribution in [1.82, 2.24) is 10.3 Å². The zero-order chi connectivity index (χ0) is 11.7. The number of hydrogen-bond donors (Lipinski definition) is 2. The first-order valence-electron chi connectivity index (χ1n) is 5.88. The Kier molecular flexibility index (Phi) is 2.57. The first kappa shape index (κ1) is 10.4. The second-order valence-corrected chi connectivity index (χ2v) is 4.27. The largest absolute Gasteiger partial charge is 0.508 e. The predicted molar refractivity (Wildman–Crippen MR) is 68.5 cm³/mol.